The average molecular weight is 263 g/mol. The summed E-state index contributed by atoms with van der Waals surface area (Å²) >= 11 is 0. The van der Waals surface area contributed by atoms with Gasteiger partial charge in [-0.05, 0) is 31.2 Å². The van der Waals surface area contributed by atoms with Crippen LogP contribution in [0, 0.1) is 0 Å². The van der Waals surface area contributed by atoms with Crippen molar-refractivity contribution in [2.75, 3.05) is 18.5 Å². The van der Waals surface area contributed by atoms with Crippen molar-refractivity contribution in [2.24, 2.45) is 0 Å². The maximum absolute atomic E-state index is 11.9. The molecule has 0 heterocycles. The number of hydrogen-bond donors (Lipinski definition) is 1. The van der Waals surface area contributed by atoms with Gasteiger partial charge in [-0.3, -0.25) is 4.79 Å². The Morgan fingerprint density at radius 3 is 2.39 bits per heavy atom. The van der Waals surface area contributed by atoms with Gasteiger partial charge in [-0.1, -0.05) is 0 Å². The molecule has 1 aromatic carbocycles. The number of hydrogen-bond acceptors (Lipinski definition) is 3. The van der Waals surface area contributed by atoms with Crippen molar-refractivity contribution in [2.45, 2.75) is 13.3 Å². The topological polar surface area (TPSA) is 47.6 Å². The molecule has 0 radical (unpaired) electrons. The molecule has 0 atom stereocenters. The first kappa shape index (κ1) is 14.3. The molecule has 1 aromatic rings. The van der Waals surface area contributed by atoms with Gasteiger partial charge in [-0.25, -0.2) is 0 Å². The van der Waals surface area contributed by atoms with E-state index in [9.17, 15) is 18.0 Å². The maximum atomic E-state index is 11.9. The molecule has 0 aliphatic heterocycles. The van der Waals surface area contributed by atoms with E-state index in [4.69, 9.17) is 4.74 Å². The van der Waals surface area contributed by atoms with E-state index >= 15 is 0 Å². The smallest absolute Gasteiger partial charge is 0.406 e. The standard InChI is InChI=1S/C11H12F3NO3/c1-2-17-7-10(16)15-8-3-5-9(6-4-8)18-11(12,13)14/h3-6H,2,7H2,1H3,(H,15,16). The van der Waals surface area contributed by atoms with Gasteiger partial charge in [0.25, 0.3) is 0 Å². The quantitative estimate of drug-likeness (QED) is 0.888. The van der Waals surface area contributed by atoms with Gasteiger partial charge >= 0.3 is 6.36 Å². The molecule has 18 heavy (non-hydrogen) atoms. The second-order valence-electron chi connectivity index (χ2n) is 3.26. The Morgan fingerprint density at radius 1 is 1.28 bits per heavy atom. The molecule has 0 aliphatic rings. The van der Waals surface area contributed by atoms with E-state index in [-0.39, 0.29) is 18.3 Å². The Morgan fingerprint density at radius 2 is 1.89 bits per heavy atom. The van der Waals surface area contributed by atoms with Crippen molar-refractivity contribution in [1.29, 1.82) is 0 Å². The number of amides is 1. The van der Waals surface area contributed by atoms with Crippen molar-refractivity contribution >= 4 is 11.6 Å². The zero-order valence-electron chi connectivity index (χ0n) is 9.58. The summed E-state index contributed by atoms with van der Waals surface area (Å²) in [6, 6.07) is 4.85. The van der Waals surface area contributed by atoms with Gasteiger partial charge in [0.15, 0.2) is 0 Å². The molecule has 1 amide bonds. The molecule has 0 bridgehead atoms. The van der Waals surface area contributed by atoms with Crippen LogP contribution in [0.4, 0.5) is 18.9 Å². The monoisotopic (exact) mass is 263 g/mol. The molecule has 0 aliphatic carbocycles. The molecule has 0 saturated heterocycles. The molecule has 0 aromatic heterocycles. The highest BCUT2D eigenvalue weighted by Crippen LogP contribution is 2.23. The third-order valence-electron chi connectivity index (χ3n) is 1.81. The van der Waals surface area contributed by atoms with Crippen LogP contribution in [-0.2, 0) is 9.53 Å². The summed E-state index contributed by atoms with van der Waals surface area (Å²) in [6.07, 6.45) is -4.72. The molecule has 0 saturated carbocycles. The lowest BCUT2D eigenvalue weighted by atomic mass is 10.3. The minimum absolute atomic E-state index is 0.0999. The second-order valence-corrected chi connectivity index (χ2v) is 3.26. The Kier molecular flexibility index (Phi) is 4.96. The summed E-state index contributed by atoms with van der Waals surface area (Å²) in [5.74, 6) is -0.716. The first-order valence-corrected chi connectivity index (χ1v) is 5.14. The number of benzene rings is 1. The number of alkyl halides is 3. The van der Waals surface area contributed by atoms with E-state index < -0.39 is 6.36 Å². The van der Waals surface area contributed by atoms with Gasteiger partial charge in [0.05, 0.1) is 0 Å². The maximum Gasteiger partial charge on any atom is 0.573 e. The lowest BCUT2D eigenvalue weighted by molar-refractivity contribution is -0.274. The van der Waals surface area contributed by atoms with Crippen molar-refractivity contribution in [3.8, 4) is 5.75 Å². The Labute approximate surface area is 102 Å². The minimum atomic E-state index is -4.72. The van der Waals surface area contributed by atoms with Crippen LogP contribution in [0.1, 0.15) is 6.92 Å². The zero-order valence-corrected chi connectivity index (χ0v) is 9.58. The van der Waals surface area contributed by atoms with Crippen LogP contribution < -0.4 is 10.1 Å². The number of anilines is 1. The van der Waals surface area contributed by atoms with E-state index in [1.165, 1.54) is 12.1 Å². The highest BCUT2D eigenvalue weighted by molar-refractivity contribution is 5.91. The van der Waals surface area contributed by atoms with Gasteiger partial charge in [-0.2, -0.15) is 0 Å². The number of nitrogens with one attached hydrogen (secondary N) is 1. The van der Waals surface area contributed by atoms with E-state index in [0.717, 1.165) is 12.1 Å². The van der Waals surface area contributed by atoms with Crippen molar-refractivity contribution < 1.29 is 27.4 Å². The predicted octanol–water partition coefficient (Wildman–Crippen LogP) is 2.56. The van der Waals surface area contributed by atoms with Crippen molar-refractivity contribution in [3.05, 3.63) is 24.3 Å². The fourth-order valence-corrected chi connectivity index (χ4v) is 1.13. The molecule has 0 unspecified atom stereocenters. The first-order valence-electron chi connectivity index (χ1n) is 5.14. The summed E-state index contributed by atoms with van der Waals surface area (Å²) in [4.78, 5) is 11.2. The summed E-state index contributed by atoms with van der Waals surface area (Å²) in [7, 11) is 0. The summed E-state index contributed by atoms with van der Waals surface area (Å²) < 4.78 is 44.2. The molecule has 100 valence electrons. The molecule has 1 rings (SSSR count). The van der Waals surface area contributed by atoms with Crippen LogP contribution in [-0.4, -0.2) is 25.5 Å². The Balaban J connectivity index is 2.52. The predicted molar refractivity (Wildman–Crippen MR) is 58.2 cm³/mol. The van der Waals surface area contributed by atoms with Crippen LogP contribution in [0.3, 0.4) is 0 Å². The fourth-order valence-electron chi connectivity index (χ4n) is 1.13. The number of rotatable bonds is 5. The van der Waals surface area contributed by atoms with Crippen molar-refractivity contribution in [1.82, 2.24) is 0 Å². The highest BCUT2D eigenvalue weighted by Gasteiger charge is 2.30. The SMILES string of the molecule is CCOCC(=O)Nc1ccc(OC(F)(F)F)cc1. The zero-order chi connectivity index (χ0) is 13.6. The first-order chi connectivity index (χ1) is 8.40. The van der Waals surface area contributed by atoms with E-state index in [0.29, 0.717) is 12.3 Å². The van der Waals surface area contributed by atoms with E-state index in [2.05, 4.69) is 10.1 Å². The number of carbonyl (C=O) groups excluding carboxylic acids is 1. The highest BCUT2D eigenvalue weighted by atomic mass is 19.4. The third-order valence-corrected chi connectivity index (χ3v) is 1.81. The van der Waals surface area contributed by atoms with Gasteiger partial charge in [0.1, 0.15) is 12.4 Å². The molecule has 0 fully saturated rings. The van der Waals surface area contributed by atoms with Gasteiger partial charge in [-0.15, -0.1) is 13.2 Å². The van der Waals surface area contributed by atoms with Gasteiger partial charge in [0, 0.05) is 12.3 Å². The number of halogens is 3. The lowest BCUT2D eigenvalue weighted by Gasteiger charge is -2.09. The molecular weight excluding hydrogens is 251 g/mol. The minimum Gasteiger partial charge on any atom is -0.406 e. The summed E-state index contributed by atoms with van der Waals surface area (Å²) in [5, 5.41) is 2.47. The lowest BCUT2D eigenvalue weighted by Crippen LogP contribution is -2.18. The number of ether oxygens (including phenoxy) is 2. The average Bonchev–Trinajstić information content (AvgIpc) is 2.27. The molecule has 7 heteroatoms. The van der Waals surface area contributed by atoms with Crippen LogP contribution in [0.5, 0.6) is 5.75 Å². The molecule has 4 nitrogen and oxygen atoms in total. The van der Waals surface area contributed by atoms with Crippen LogP contribution in [0.25, 0.3) is 0 Å². The van der Waals surface area contributed by atoms with E-state index in [1.807, 2.05) is 0 Å². The van der Waals surface area contributed by atoms with Crippen molar-refractivity contribution in [3.63, 3.8) is 0 Å². The number of carbonyl (C=O) groups is 1. The van der Waals surface area contributed by atoms with E-state index in [1.54, 1.807) is 6.92 Å². The summed E-state index contributed by atoms with van der Waals surface area (Å²) in [6.45, 7) is 2.06. The third kappa shape index (κ3) is 5.53. The fraction of sp³-hybridized carbons (Fsp3) is 0.364. The van der Waals surface area contributed by atoms with Crippen LogP contribution in [0.15, 0.2) is 24.3 Å². The summed E-state index contributed by atoms with van der Waals surface area (Å²) in [5.41, 5.74) is 0.370. The molecule has 1 N–H and O–H groups in total. The van der Waals surface area contributed by atoms with Gasteiger partial charge < -0.3 is 14.8 Å². The Bertz CT molecular complexity index is 390. The largest absolute Gasteiger partial charge is 0.573 e. The van der Waals surface area contributed by atoms with Gasteiger partial charge in [0.2, 0.25) is 5.91 Å². The van der Waals surface area contributed by atoms with Crippen LogP contribution >= 0.6 is 0 Å². The van der Waals surface area contributed by atoms with Crippen LogP contribution in [0.2, 0.25) is 0 Å². The Hall–Kier alpha value is -1.76. The molecule has 0 spiro atoms. The normalized spacial score (nSPS) is 11.1. The second kappa shape index (κ2) is 6.25. The molecular formula is C11H12F3NO3.